The maximum Gasteiger partial charge on any atom is 0.240 e. The van der Waals surface area contributed by atoms with Crippen LogP contribution in [0.25, 0.3) is 11.6 Å². The van der Waals surface area contributed by atoms with E-state index in [1.54, 1.807) is 18.5 Å². The Balaban J connectivity index is 1.70. The minimum absolute atomic E-state index is 0.405. The fourth-order valence-electron chi connectivity index (χ4n) is 2.90. The highest BCUT2D eigenvalue weighted by atomic mass is 16.5. The fraction of sp³-hybridized carbons (Fsp3) is 0.571. The maximum absolute atomic E-state index is 5.33. The second kappa shape index (κ2) is 6.09. The van der Waals surface area contributed by atoms with Gasteiger partial charge in [-0.2, -0.15) is 4.98 Å². The van der Waals surface area contributed by atoms with Gasteiger partial charge in [0.2, 0.25) is 17.5 Å². The van der Waals surface area contributed by atoms with Crippen LogP contribution in [0.1, 0.15) is 31.6 Å². The zero-order chi connectivity index (χ0) is 13.8. The van der Waals surface area contributed by atoms with Crippen molar-refractivity contribution in [2.75, 3.05) is 7.05 Å². The van der Waals surface area contributed by atoms with E-state index in [4.69, 9.17) is 4.52 Å². The summed E-state index contributed by atoms with van der Waals surface area (Å²) in [5.41, 5.74) is 0. The van der Waals surface area contributed by atoms with Crippen LogP contribution in [0, 0.1) is 5.92 Å². The number of aromatic nitrogens is 4. The number of hydrogen-bond donors (Lipinski definition) is 1. The van der Waals surface area contributed by atoms with Gasteiger partial charge in [0.15, 0.2) is 0 Å². The van der Waals surface area contributed by atoms with E-state index in [0.717, 1.165) is 6.42 Å². The minimum atomic E-state index is 0.405. The first-order valence-corrected chi connectivity index (χ1v) is 7.14. The van der Waals surface area contributed by atoms with E-state index in [2.05, 4.69) is 25.4 Å². The van der Waals surface area contributed by atoms with Crippen LogP contribution in [0.5, 0.6) is 0 Å². The molecular formula is C14H19N5O. The van der Waals surface area contributed by atoms with Crippen molar-refractivity contribution < 1.29 is 4.52 Å². The summed E-state index contributed by atoms with van der Waals surface area (Å²) < 4.78 is 5.33. The summed E-state index contributed by atoms with van der Waals surface area (Å²) >= 11 is 0. The van der Waals surface area contributed by atoms with Crippen molar-refractivity contribution in [1.29, 1.82) is 0 Å². The monoisotopic (exact) mass is 273 g/mol. The van der Waals surface area contributed by atoms with Gasteiger partial charge in [-0.05, 0) is 31.9 Å². The van der Waals surface area contributed by atoms with E-state index in [1.165, 1.54) is 25.7 Å². The Bertz CT molecular complexity index is 536. The molecule has 0 bridgehead atoms. The van der Waals surface area contributed by atoms with E-state index in [9.17, 15) is 0 Å². The standard InChI is InChI=1S/C14H19N5O/c1-15-11(10-5-2-3-6-10)9-12-18-14(19-20-12)13-16-7-4-8-17-13/h4,7-8,10-11,15H,2-3,5-6,9H2,1H3. The molecule has 6 nitrogen and oxygen atoms in total. The van der Waals surface area contributed by atoms with Crippen LogP contribution in [0.3, 0.4) is 0 Å². The zero-order valence-corrected chi connectivity index (χ0v) is 11.6. The van der Waals surface area contributed by atoms with Gasteiger partial charge in [0.1, 0.15) is 0 Å². The molecule has 1 aliphatic carbocycles. The minimum Gasteiger partial charge on any atom is -0.339 e. The van der Waals surface area contributed by atoms with Gasteiger partial charge in [-0.15, -0.1) is 0 Å². The number of rotatable bonds is 5. The SMILES string of the molecule is CNC(Cc1nc(-c2ncccn2)no1)C1CCCC1. The van der Waals surface area contributed by atoms with Crippen molar-refractivity contribution in [3.8, 4) is 11.6 Å². The molecule has 0 aromatic carbocycles. The van der Waals surface area contributed by atoms with Gasteiger partial charge < -0.3 is 9.84 Å². The molecule has 106 valence electrons. The summed E-state index contributed by atoms with van der Waals surface area (Å²) in [7, 11) is 2.00. The van der Waals surface area contributed by atoms with E-state index in [0.29, 0.717) is 29.5 Å². The lowest BCUT2D eigenvalue weighted by atomic mass is 9.95. The molecule has 0 amide bonds. The summed E-state index contributed by atoms with van der Waals surface area (Å²) in [6.45, 7) is 0. The molecule has 0 radical (unpaired) electrons. The molecule has 2 aromatic rings. The Morgan fingerprint density at radius 1 is 1.25 bits per heavy atom. The van der Waals surface area contributed by atoms with Crippen molar-refractivity contribution in [2.45, 2.75) is 38.1 Å². The molecule has 3 rings (SSSR count). The predicted molar refractivity (Wildman–Crippen MR) is 73.8 cm³/mol. The molecule has 1 fully saturated rings. The molecule has 2 heterocycles. The molecule has 1 saturated carbocycles. The van der Waals surface area contributed by atoms with Crippen molar-refractivity contribution >= 4 is 0 Å². The Morgan fingerprint density at radius 2 is 2.00 bits per heavy atom. The lowest BCUT2D eigenvalue weighted by molar-refractivity contribution is 0.318. The number of hydrogen-bond acceptors (Lipinski definition) is 6. The highest BCUT2D eigenvalue weighted by Crippen LogP contribution is 2.29. The molecule has 1 aliphatic rings. The van der Waals surface area contributed by atoms with Crippen LogP contribution < -0.4 is 5.32 Å². The first-order valence-electron chi connectivity index (χ1n) is 7.14. The summed E-state index contributed by atoms with van der Waals surface area (Å²) in [4.78, 5) is 12.7. The molecule has 2 aromatic heterocycles. The zero-order valence-electron chi connectivity index (χ0n) is 11.6. The van der Waals surface area contributed by atoms with E-state index in [1.807, 2.05) is 7.05 Å². The normalized spacial score (nSPS) is 17.4. The van der Waals surface area contributed by atoms with Crippen molar-refractivity contribution in [3.63, 3.8) is 0 Å². The Kier molecular flexibility index (Phi) is 4.01. The van der Waals surface area contributed by atoms with Gasteiger partial charge in [0, 0.05) is 24.9 Å². The number of nitrogens with one attached hydrogen (secondary N) is 1. The molecule has 1 unspecified atom stereocenters. The quantitative estimate of drug-likeness (QED) is 0.895. The van der Waals surface area contributed by atoms with Crippen molar-refractivity contribution in [2.24, 2.45) is 5.92 Å². The maximum atomic E-state index is 5.33. The highest BCUT2D eigenvalue weighted by molar-refractivity contribution is 5.40. The summed E-state index contributed by atoms with van der Waals surface area (Å²) in [5.74, 6) is 2.33. The van der Waals surface area contributed by atoms with Gasteiger partial charge >= 0.3 is 0 Å². The molecule has 1 N–H and O–H groups in total. The van der Waals surface area contributed by atoms with Gasteiger partial charge in [0.05, 0.1) is 0 Å². The van der Waals surface area contributed by atoms with E-state index < -0.39 is 0 Å². The average Bonchev–Trinajstić information content (AvgIpc) is 3.17. The number of nitrogens with zero attached hydrogens (tertiary/aromatic N) is 4. The van der Waals surface area contributed by atoms with Crippen LogP contribution >= 0.6 is 0 Å². The lowest BCUT2D eigenvalue weighted by Crippen LogP contribution is -2.34. The van der Waals surface area contributed by atoms with E-state index in [-0.39, 0.29) is 0 Å². The molecule has 0 spiro atoms. The molecule has 6 heteroatoms. The topological polar surface area (TPSA) is 76.7 Å². The van der Waals surface area contributed by atoms with Crippen LogP contribution in [-0.4, -0.2) is 33.2 Å². The predicted octanol–water partition coefficient (Wildman–Crippen LogP) is 1.85. The van der Waals surface area contributed by atoms with Crippen LogP contribution in [0.4, 0.5) is 0 Å². The van der Waals surface area contributed by atoms with Crippen molar-refractivity contribution in [1.82, 2.24) is 25.4 Å². The Morgan fingerprint density at radius 3 is 2.70 bits per heavy atom. The highest BCUT2D eigenvalue weighted by Gasteiger charge is 2.26. The lowest BCUT2D eigenvalue weighted by Gasteiger charge is -2.20. The third kappa shape index (κ3) is 2.85. The summed E-state index contributed by atoms with van der Waals surface area (Å²) in [6.07, 6.45) is 9.34. The molecule has 1 atom stereocenters. The molecular weight excluding hydrogens is 254 g/mol. The second-order valence-corrected chi connectivity index (χ2v) is 5.23. The second-order valence-electron chi connectivity index (χ2n) is 5.23. The molecule has 0 saturated heterocycles. The Hall–Kier alpha value is -1.82. The largest absolute Gasteiger partial charge is 0.339 e. The van der Waals surface area contributed by atoms with Gasteiger partial charge in [-0.25, -0.2) is 9.97 Å². The number of likely N-dealkylation sites (N-methyl/N-ethyl adjacent to an activating group) is 1. The fourth-order valence-corrected chi connectivity index (χ4v) is 2.90. The smallest absolute Gasteiger partial charge is 0.240 e. The third-order valence-electron chi connectivity index (χ3n) is 3.97. The van der Waals surface area contributed by atoms with Crippen molar-refractivity contribution in [3.05, 3.63) is 24.4 Å². The average molecular weight is 273 g/mol. The van der Waals surface area contributed by atoms with E-state index >= 15 is 0 Å². The first-order chi connectivity index (χ1) is 9.86. The molecule has 0 aliphatic heterocycles. The van der Waals surface area contributed by atoms with Gasteiger partial charge in [-0.1, -0.05) is 18.0 Å². The van der Waals surface area contributed by atoms with Crippen LogP contribution in [-0.2, 0) is 6.42 Å². The third-order valence-corrected chi connectivity index (χ3v) is 3.97. The van der Waals surface area contributed by atoms with Crippen LogP contribution in [0.15, 0.2) is 23.0 Å². The Labute approximate surface area is 118 Å². The summed E-state index contributed by atoms with van der Waals surface area (Å²) in [5, 5.41) is 7.34. The molecule has 20 heavy (non-hydrogen) atoms. The summed E-state index contributed by atoms with van der Waals surface area (Å²) in [6, 6.07) is 2.17. The van der Waals surface area contributed by atoms with Crippen LogP contribution in [0.2, 0.25) is 0 Å². The van der Waals surface area contributed by atoms with Gasteiger partial charge in [0.25, 0.3) is 0 Å². The van der Waals surface area contributed by atoms with Gasteiger partial charge in [-0.3, -0.25) is 0 Å². The first kappa shape index (κ1) is 13.2.